The minimum absolute atomic E-state index is 0.277. The van der Waals surface area contributed by atoms with E-state index in [2.05, 4.69) is 9.80 Å². The van der Waals surface area contributed by atoms with Gasteiger partial charge in [0, 0.05) is 32.3 Å². The summed E-state index contributed by atoms with van der Waals surface area (Å²) in [6.07, 6.45) is 9.94. The van der Waals surface area contributed by atoms with Crippen LogP contribution in [-0.4, -0.2) is 85.7 Å². The molecule has 5 heteroatoms. The van der Waals surface area contributed by atoms with Gasteiger partial charge in [0.15, 0.2) is 0 Å². The van der Waals surface area contributed by atoms with Crippen LogP contribution >= 0.6 is 0 Å². The van der Waals surface area contributed by atoms with E-state index in [1.165, 1.54) is 51.6 Å². The Morgan fingerprint density at radius 1 is 0.958 bits per heavy atom. The van der Waals surface area contributed by atoms with Crippen molar-refractivity contribution in [3.8, 4) is 0 Å². The maximum Gasteiger partial charge on any atom is 0.0900 e. The fraction of sp³-hybridized carbons (Fsp3) is 1.00. The summed E-state index contributed by atoms with van der Waals surface area (Å²) in [5.41, 5.74) is 0. The lowest BCUT2D eigenvalue weighted by Crippen LogP contribution is -2.50. The van der Waals surface area contributed by atoms with Crippen LogP contribution in [-0.2, 0) is 9.47 Å². The molecule has 3 aliphatic rings. The number of nitrogens with zero attached hydrogens (tertiary/aromatic N) is 2. The number of likely N-dealkylation sites (tertiary alicyclic amines) is 2. The molecular formula is C19H36N2O3. The Bertz CT molecular complexity index is 342. The van der Waals surface area contributed by atoms with Gasteiger partial charge in [0.2, 0.25) is 0 Å². The highest BCUT2D eigenvalue weighted by Gasteiger charge is 2.27. The van der Waals surface area contributed by atoms with Gasteiger partial charge >= 0.3 is 0 Å². The molecule has 0 radical (unpaired) electrons. The Hall–Kier alpha value is -0.200. The van der Waals surface area contributed by atoms with Crippen LogP contribution in [0.4, 0.5) is 0 Å². The second kappa shape index (κ2) is 10.1. The number of piperidine rings is 1. The minimum Gasteiger partial charge on any atom is -0.389 e. The summed E-state index contributed by atoms with van der Waals surface area (Å²) in [4.78, 5) is 5.17. The molecule has 2 unspecified atom stereocenters. The molecule has 0 aromatic rings. The Kier molecular flexibility index (Phi) is 7.80. The second-order valence-corrected chi connectivity index (χ2v) is 7.80. The third kappa shape index (κ3) is 5.95. The van der Waals surface area contributed by atoms with Crippen molar-refractivity contribution in [2.75, 3.05) is 52.5 Å². The Labute approximate surface area is 147 Å². The van der Waals surface area contributed by atoms with E-state index in [1.54, 1.807) is 0 Å². The van der Waals surface area contributed by atoms with E-state index in [0.29, 0.717) is 12.6 Å². The molecule has 0 aromatic heterocycles. The summed E-state index contributed by atoms with van der Waals surface area (Å²) in [6, 6.07) is 0.695. The fourth-order valence-electron chi connectivity index (χ4n) is 4.40. The van der Waals surface area contributed by atoms with Crippen LogP contribution in [0.1, 0.15) is 51.4 Å². The van der Waals surface area contributed by atoms with Crippen molar-refractivity contribution in [1.82, 2.24) is 9.80 Å². The van der Waals surface area contributed by atoms with Crippen LogP contribution in [0.25, 0.3) is 0 Å². The van der Waals surface area contributed by atoms with Crippen molar-refractivity contribution in [2.45, 2.75) is 69.6 Å². The molecule has 3 fully saturated rings. The first kappa shape index (κ1) is 18.6. The molecule has 1 N–H and O–H groups in total. The quantitative estimate of drug-likeness (QED) is 0.800. The van der Waals surface area contributed by atoms with Crippen molar-refractivity contribution < 1.29 is 14.6 Å². The van der Waals surface area contributed by atoms with Crippen LogP contribution in [0.5, 0.6) is 0 Å². The number of ether oxygens (including phenoxy) is 2. The largest absolute Gasteiger partial charge is 0.389 e. The van der Waals surface area contributed by atoms with Crippen molar-refractivity contribution in [1.29, 1.82) is 0 Å². The van der Waals surface area contributed by atoms with Gasteiger partial charge in [-0.2, -0.15) is 0 Å². The van der Waals surface area contributed by atoms with Crippen LogP contribution in [0.2, 0.25) is 0 Å². The highest BCUT2D eigenvalue weighted by atomic mass is 16.5. The number of rotatable bonds is 6. The van der Waals surface area contributed by atoms with Crippen LogP contribution < -0.4 is 0 Å². The summed E-state index contributed by atoms with van der Waals surface area (Å²) in [7, 11) is 0. The number of hydrogen-bond acceptors (Lipinski definition) is 5. The molecule has 0 spiro atoms. The normalized spacial score (nSPS) is 30.1. The molecule has 3 aliphatic heterocycles. The molecule has 5 nitrogen and oxygen atoms in total. The highest BCUT2D eigenvalue weighted by molar-refractivity contribution is 4.83. The van der Waals surface area contributed by atoms with Crippen molar-refractivity contribution in [3.63, 3.8) is 0 Å². The number of aliphatic hydroxyl groups excluding tert-OH is 1. The molecule has 3 heterocycles. The SMILES string of the molecule is OC(COC1CCOCC1)CN1CCCC(N2CCCCCC2)C1. The lowest BCUT2D eigenvalue weighted by molar-refractivity contribution is -0.0662. The van der Waals surface area contributed by atoms with Crippen LogP contribution in [0.15, 0.2) is 0 Å². The summed E-state index contributed by atoms with van der Waals surface area (Å²) >= 11 is 0. The first-order chi connectivity index (χ1) is 11.8. The summed E-state index contributed by atoms with van der Waals surface area (Å²) in [5, 5.41) is 10.4. The first-order valence-corrected chi connectivity index (χ1v) is 10.1. The first-order valence-electron chi connectivity index (χ1n) is 10.1. The maximum absolute atomic E-state index is 10.4. The lowest BCUT2D eigenvalue weighted by atomic mass is 10.0. The zero-order chi connectivity index (χ0) is 16.6. The fourth-order valence-corrected chi connectivity index (χ4v) is 4.40. The van der Waals surface area contributed by atoms with E-state index in [0.717, 1.165) is 45.7 Å². The van der Waals surface area contributed by atoms with Crippen molar-refractivity contribution >= 4 is 0 Å². The standard InChI is InChI=1S/C19H36N2O3/c22-18(16-24-19-7-12-23-13-8-19)15-20-9-5-6-17(14-20)21-10-3-1-2-4-11-21/h17-19,22H,1-16H2. The zero-order valence-corrected chi connectivity index (χ0v) is 15.2. The third-order valence-electron chi connectivity index (χ3n) is 5.80. The summed E-state index contributed by atoms with van der Waals surface area (Å²) < 4.78 is 11.2. The molecule has 3 saturated heterocycles. The Morgan fingerprint density at radius 3 is 2.46 bits per heavy atom. The smallest absolute Gasteiger partial charge is 0.0900 e. The molecule has 3 rings (SSSR count). The van der Waals surface area contributed by atoms with Crippen molar-refractivity contribution in [2.24, 2.45) is 0 Å². The van der Waals surface area contributed by atoms with E-state index in [4.69, 9.17) is 9.47 Å². The molecule has 140 valence electrons. The molecule has 0 aromatic carbocycles. The van der Waals surface area contributed by atoms with E-state index in [9.17, 15) is 5.11 Å². The molecule has 0 saturated carbocycles. The predicted molar refractivity (Wildman–Crippen MR) is 95.3 cm³/mol. The van der Waals surface area contributed by atoms with Crippen LogP contribution in [0.3, 0.4) is 0 Å². The van der Waals surface area contributed by atoms with Crippen LogP contribution in [0, 0.1) is 0 Å². The van der Waals surface area contributed by atoms with Gasteiger partial charge in [0.1, 0.15) is 0 Å². The third-order valence-corrected chi connectivity index (χ3v) is 5.80. The van der Waals surface area contributed by atoms with Gasteiger partial charge in [-0.1, -0.05) is 12.8 Å². The van der Waals surface area contributed by atoms with Gasteiger partial charge in [0.05, 0.1) is 18.8 Å². The average Bonchev–Trinajstić information content (AvgIpc) is 2.91. The van der Waals surface area contributed by atoms with Gasteiger partial charge in [0.25, 0.3) is 0 Å². The second-order valence-electron chi connectivity index (χ2n) is 7.80. The summed E-state index contributed by atoms with van der Waals surface area (Å²) in [6.45, 7) is 7.60. The zero-order valence-electron chi connectivity index (χ0n) is 15.2. The van der Waals surface area contributed by atoms with Gasteiger partial charge in [-0.3, -0.25) is 9.80 Å². The average molecular weight is 341 g/mol. The van der Waals surface area contributed by atoms with E-state index < -0.39 is 0 Å². The van der Waals surface area contributed by atoms with Gasteiger partial charge in [-0.25, -0.2) is 0 Å². The van der Waals surface area contributed by atoms with Gasteiger partial charge in [-0.15, -0.1) is 0 Å². The maximum atomic E-state index is 10.4. The lowest BCUT2D eigenvalue weighted by Gasteiger charge is -2.39. The van der Waals surface area contributed by atoms with Gasteiger partial charge < -0.3 is 14.6 Å². The highest BCUT2D eigenvalue weighted by Crippen LogP contribution is 2.20. The number of β-amino-alcohol motifs (C(OH)–C–C–N with tert-alkyl or cyclic N) is 1. The molecule has 0 aliphatic carbocycles. The molecule has 2 atom stereocenters. The molecular weight excluding hydrogens is 304 g/mol. The van der Waals surface area contributed by atoms with E-state index in [-0.39, 0.29) is 12.2 Å². The van der Waals surface area contributed by atoms with E-state index in [1.807, 2.05) is 0 Å². The monoisotopic (exact) mass is 340 g/mol. The Balaban J connectivity index is 1.37. The van der Waals surface area contributed by atoms with E-state index >= 15 is 0 Å². The minimum atomic E-state index is -0.365. The molecule has 24 heavy (non-hydrogen) atoms. The van der Waals surface area contributed by atoms with Crippen molar-refractivity contribution in [3.05, 3.63) is 0 Å². The van der Waals surface area contributed by atoms with Gasteiger partial charge in [-0.05, 0) is 58.2 Å². The topological polar surface area (TPSA) is 45.2 Å². The predicted octanol–water partition coefficient (Wildman–Crippen LogP) is 1.88. The summed E-state index contributed by atoms with van der Waals surface area (Å²) in [5.74, 6) is 0. The number of aliphatic hydroxyl groups is 1. The Morgan fingerprint density at radius 2 is 1.71 bits per heavy atom. The molecule has 0 amide bonds. The number of hydrogen-bond donors (Lipinski definition) is 1. The molecule has 0 bridgehead atoms.